The molecule has 1 N–H and O–H groups in total. The Balaban J connectivity index is 1.90. The van der Waals surface area contributed by atoms with E-state index < -0.39 is 10.0 Å². The summed E-state index contributed by atoms with van der Waals surface area (Å²) in [7, 11) is 2.00. The number of hydrogen-bond donors (Lipinski definition) is 1. The summed E-state index contributed by atoms with van der Waals surface area (Å²) >= 11 is 0. The summed E-state index contributed by atoms with van der Waals surface area (Å²) in [5.41, 5.74) is 2.74. The number of anilines is 1. The molecule has 0 aliphatic heterocycles. The van der Waals surface area contributed by atoms with Crippen LogP contribution in [0.15, 0.2) is 48.7 Å². The minimum absolute atomic E-state index is 0.572. The Kier molecular flexibility index (Phi) is 7.12. The van der Waals surface area contributed by atoms with Crippen LogP contribution in [0.4, 0.5) is 5.69 Å². The summed E-state index contributed by atoms with van der Waals surface area (Å²) in [4.78, 5) is 2.10. The molecule has 0 amide bonds. The van der Waals surface area contributed by atoms with Gasteiger partial charge in [0.25, 0.3) is 0 Å². The summed E-state index contributed by atoms with van der Waals surface area (Å²) in [6.45, 7) is 0.836. The van der Waals surface area contributed by atoms with Gasteiger partial charge in [-0.05, 0) is 54.1 Å². The van der Waals surface area contributed by atoms with Crippen LogP contribution in [0.5, 0.6) is 11.5 Å². The number of nitrogens with zero attached hydrogens (tertiary/aromatic N) is 1. The highest BCUT2D eigenvalue weighted by Crippen LogP contribution is 2.28. The van der Waals surface area contributed by atoms with Gasteiger partial charge >= 0.3 is 0 Å². The Morgan fingerprint density at radius 2 is 1.70 bits per heavy atom. The van der Waals surface area contributed by atoms with Crippen molar-refractivity contribution < 1.29 is 17.9 Å². The van der Waals surface area contributed by atoms with E-state index in [-0.39, 0.29) is 0 Å². The van der Waals surface area contributed by atoms with Gasteiger partial charge in [-0.15, -0.1) is 0 Å². The van der Waals surface area contributed by atoms with E-state index >= 15 is 0 Å². The first-order valence-corrected chi connectivity index (χ1v) is 10.4. The number of hydrogen-bond acceptors (Lipinski definition) is 5. The zero-order valence-electron chi connectivity index (χ0n) is 16.1. The molecule has 2 rings (SSSR count). The highest BCUT2D eigenvalue weighted by molar-refractivity contribution is 7.92. The monoisotopic (exact) mass is 390 g/mol. The average Bonchev–Trinajstić information content (AvgIpc) is 2.64. The molecule has 0 aliphatic rings. The minimum Gasteiger partial charge on any atom is -0.493 e. The van der Waals surface area contributed by atoms with Crippen LogP contribution in [0.1, 0.15) is 11.1 Å². The normalized spacial score (nSPS) is 11.4. The van der Waals surface area contributed by atoms with Gasteiger partial charge in [0.1, 0.15) is 0 Å². The molecule has 0 bridgehead atoms. The quantitative estimate of drug-likeness (QED) is 0.712. The van der Waals surface area contributed by atoms with E-state index in [4.69, 9.17) is 9.47 Å². The van der Waals surface area contributed by atoms with Crippen LogP contribution in [-0.4, -0.2) is 47.4 Å². The van der Waals surface area contributed by atoms with E-state index in [0.29, 0.717) is 17.2 Å². The number of methoxy groups -OCH3 is 2. The first-order valence-electron chi connectivity index (χ1n) is 8.48. The van der Waals surface area contributed by atoms with Crippen molar-refractivity contribution in [3.05, 3.63) is 59.8 Å². The lowest BCUT2D eigenvalue weighted by Crippen LogP contribution is -2.14. The fourth-order valence-electron chi connectivity index (χ4n) is 2.50. The third kappa shape index (κ3) is 6.86. The van der Waals surface area contributed by atoms with Gasteiger partial charge in [-0.1, -0.05) is 18.2 Å². The predicted molar refractivity (Wildman–Crippen MR) is 110 cm³/mol. The number of likely N-dealkylation sites (N-methyl/N-ethyl adjacent to an activating group) is 1. The van der Waals surface area contributed by atoms with Crippen LogP contribution in [-0.2, 0) is 16.4 Å². The summed E-state index contributed by atoms with van der Waals surface area (Å²) in [6, 6.07) is 13.2. The number of benzene rings is 2. The smallest absolute Gasteiger partial charge is 0.229 e. The molecule has 2 aromatic rings. The molecule has 0 aliphatic carbocycles. The van der Waals surface area contributed by atoms with Crippen molar-refractivity contribution in [2.45, 2.75) is 6.42 Å². The molecule has 0 atom stereocenters. The zero-order chi connectivity index (χ0) is 19.9. The van der Waals surface area contributed by atoms with Gasteiger partial charge < -0.3 is 14.4 Å². The van der Waals surface area contributed by atoms with E-state index in [1.807, 2.05) is 49.7 Å². The topological polar surface area (TPSA) is 67.9 Å². The third-order valence-corrected chi connectivity index (χ3v) is 4.55. The molecular weight excluding hydrogens is 364 g/mol. The molecular formula is C20H26N2O4S. The summed E-state index contributed by atoms with van der Waals surface area (Å²) in [6.07, 6.45) is 6.02. The molecule has 2 aromatic carbocycles. The second-order valence-electron chi connectivity index (χ2n) is 6.23. The van der Waals surface area contributed by atoms with Crippen LogP contribution in [0.2, 0.25) is 0 Å². The Bertz CT molecular complexity index is 877. The maximum Gasteiger partial charge on any atom is 0.229 e. The number of ether oxygens (including phenoxy) is 2. The van der Waals surface area contributed by atoms with Crippen LogP contribution < -0.4 is 14.2 Å². The minimum atomic E-state index is -3.24. The molecule has 0 saturated heterocycles. The van der Waals surface area contributed by atoms with Crippen molar-refractivity contribution in [3.63, 3.8) is 0 Å². The summed E-state index contributed by atoms with van der Waals surface area (Å²) < 4.78 is 35.5. The molecule has 0 fully saturated rings. The van der Waals surface area contributed by atoms with E-state index in [9.17, 15) is 8.42 Å². The Labute approximate surface area is 161 Å². The van der Waals surface area contributed by atoms with E-state index in [2.05, 4.69) is 9.62 Å². The van der Waals surface area contributed by atoms with Crippen molar-refractivity contribution in [2.75, 3.05) is 38.8 Å². The van der Waals surface area contributed by atoms with Crippen molar-refractivity contribution in [2.24, 2.45) is 0 Å². The van der Waals surface area contributed by atoms with Gasteiger partial charge in [0, 0.05) is 19.3 Å². The number of rotatable bonds is 9. The second-order valence-corrected chi connectivity index (χ2v) is 7.98. The van der Waals surface area contributed by atoms with Gasteiger partial charge in [-0.2, -0.15) is 0 Å². The largest absolute Gasteiger partial charge is 0.493 e. The molecule has 0 heterocycles. The highest BCUT2D eigenvalue weighted by Gasteiger charge is 2.04. The summed E-state index contributed by atoms with van der Waals surface area (Å²) in [5.74, 6) is 1.40. The lowest BCUT2D eigenvalue weighted by Gasteiger charge is -2.14. The summed E-state index contributed by atoms with van der Waals surface area (Å²) in [5, 5.41) is 0. The third-order valence-electron chi connectivity index (χ3n) is 3.94. The van der Waals surface area contributed by atoms with Gasteiger partial charge in [-0.3, -0.25) is 4.72 Å². The molecule has 146 valence electrons. The molecule has 0 aromatic heterocycles. The lowest BCUT2D eigenvalue weighted by molar-refractivity contribution is 0.355. The molecule has 0 spiro atoms. The molecule has 0 radical (unpaired) electrons. The molecule has 0 unspecified atom stereocenters. The second kappa shape index (κ2) is 9.32. The van der Waals surface area contributed by atoms with Gasteiger partial charge in [0.2, 0.25) is 10.0 Å². The maximum atomic E-state index is 11.2. The Morgan fingerprint density at radius 1 is 1.04 bits per heavy atom. The van der Waals surface area contributed by atoms with Crippen LogP contribution in [0.25, 0.3) is 6.08 Å². The zero-order valence-corrected chi connectivity index (χ0v) is 16.9. The SMILES string of the molecule is COc1ccc(C=CN(C)CCc2ccc(NS(C)(=O)=O)cc2)cc1OC. The van der Waals surface area contributed by atoms with Crippen LogP contribution >= 0.6 is 0 Å². The van der Waals surface area contributed by atoms with Crippen molar-refractivity contribution in [1.82, 2.24) is 4.90 Å². The standard InChI is InChI=1S/C20H26N2O4S/c1-22(14-12-17-7-10-19(25-2)20(15-17)26-3)13-11-16-5-8-18(9-6-16)21-27(4,23)24/h5-10,12,14-15,21H,11,13H2,1-4H3. The molecule has 7 heteroatoms. The van der Waals surface area contributed by atoms with Gasteiger partial charge in [-0.25, -0.2) is 8.42 Å². The first kappa shape index (κ1) is 20.6. The fourth-order valence-corrected chi connectivity index (χ4v) is 3.07. The number of nitrogens with one attached hydrogen (secondary N) is 1. The van der Waals surface area contributed by atoms with Gasteiger partial charge in [0.15, 0.2) is 11.5 Å². The molecule has 6 nitrogen and oxygen atoms in total. The van der Waals surface area contributed by atoms with E-state index in [1.54, 1.807) is 26.4 Å². The maximum absolute atomic E-state index is 11.2. The van der Waals surface area contributed by atoms with Gasteiger partial charge in [0.05, 0.1) is 20.5 Å². The predicted octanol–water partition coefficient (Wildman–Crippen LogP) is 3.22. The lowest BCUT2D eigenvalue weighted by atomic mass is 10.1. The van der Waals surface area contributed by atoms with E-state index in [1.165, 1.54) is 0 Å². The van der Waals surface area contributed by atoms with Crippen LogP contribution in [0, 0.1) is 0 Å². The van der Waals surface area contributed by atoms with E-state index in [0.717, 1.165) is 30.3 Å². The van der Waals surface area contributed by atoms with Crippen molar-refractivity contribution in [1.29, 1.82) is 0 Å². The Hall–Kier alpha value is -2.67. The fraction of sp³-hybridized carbons (Fsp3) is 0.300. The van der Waals surface area contributed by atoms with Crippen molar-refractivity contribution in [3.8, 4) is 11.5 Å². The Morgan fingerprint density at radius 3 is 2.30 bits per heavy atom. The first-order chi connectivity index (χ1) is 12.8. The number of sulfonamides is 1. The highest BCUT2D eigenvalue weighted by atomic mass is 32.2. The average molecular weight is 391 g/mol. The van der Waals surface area contributed by atoms with Crippen LogP contribution in [0.3, 0.4) is 0 Å². The van der Waals surface area contributed by atoms with Crippen molar-refractivity contribution >= 4 is 21.8 Å². The molecule has 27 heavy (non-hydrogen) atoms. The molecule has 0 saturated carbocycles.